The number of amides is 1. The minimum atomic E-state index is -0.312. The molecule has 154 valence electrons. The summed E-state index contributed by atoms with van der Waals surface area (Å²) < 4.78 is 10.7. The fourth-order valence-electron chi connectivity index (χ4n) is 2.61. The predicted molar refractivity (Wildman–Crippen MR) is 117 cm³/mol. The maximum absolute atomic E-state index is 12.3. The van der Waals surface area contributed by atoms with Crippen LogP contribution in [-0.4, -0.2) is 18.3 Å². The van der Waals surface area contributed by atoms with Gasteiger partial charge in [-0.1, -0.05) is 13.3 Å². The lowest BCUT2D eigenvalue weighted by atomic mass is 10.1. The number of ether oxygens (including phenoxy) is 1. The van der Waals surface area contributed by atoms with Crippen molar-refractivity contribution in [2.75, 3.05) is 17.2 Å². The second kappa shape index (κ2) is 10.7. The van der Waals surface area contributed by atoms with Crippen molar-refractivity contribution in [3.05, 3.63) is 90.5 Å². The molecule has 3 aromatic rings. The van der Waals surface area contributed by atoms with E-state index in [4.69, 9.17) is 9.15 Å². The van der Waals surface area contributed by atoms with Gasteiger partial charge in [0.15, 0.2) is 11.5 Å². The van der Waals surface area contributed by atoms with E-state index in [-0.39, 0.29) is 17.5 Å². The first-order valence-electron chi connectivity index (χ1n) is 9.81. The number of benzene rings is 2. The Morgan fingerprint density at radius 2 is 1.73 bits per heavy atom. The molecule has 0 unspecified atom stereocenters. The van der Waals surface area contributed by atoms with Crippen LogP contribution in [0.25, 0.3) is 0 Å². The first kappa shape index (κ1) is 20.9. The van der Waals surface area contributed by atoms with Crippen molar-refractivity contribution in [3.8, 4) is 5.75 Å². The third-order valence-electron chi connectivity index (χ3n) is 4.28. The minimum absolute atomic E-state index is 0.107. The Morgan fingerprint density at radius 1 is 1.00 bits per heavy atom. The molecule has 0 bridgehead atoms. The molecular formula is C24H24N2O4. The molecule has 1 aromatic heterocycles. The smallest absolute Gasteiger partial charge is 0.291 e. The van der Waals surface area contributed by atoms with Gasteiger partial charge < -0.3 is 19.8 Å². The maximum Gasteiger partial charge on any atom is 0.291 e. The highest BCUT2D eigenvalue weighted by atomic mass is 16.5. The van der Waals surface area contributed by atoms with E-state index >= 15 is 0 Å². The molecule has 0 aliphatic carbocycles. The molecule has 0 aliphatic heterocycles. The van der Waals surface area contributed by atoms with E-state index in [1.807, 2.05) is 0 Å². The summed E-state index contributed by atoms with van der Waals surface area (Å²) in [5, 5.41) is 5.79. The third-order valence-corrected chi connectivity index (χ3v) is 4.28. The summed E-state index contributed by atoms with van der Waals surface area (Å²) in [6.07, 6.45) is 6.60. The Balaban J connectivity index is 1.48. The third kappa shape index (κ3) is 6.10. The van der Waals surface area contributed by atoms with E-state index in [2.05, 4.69) is 17.6 Å². The molecule has 2 N–H and O–H groups in total. The lowest BCUT2D eigenvalue weighted by Crippen LogP contribution is -2.10. The first-order chi connectivity index (χ1) is 14.7. The molecule has 6 nitrogen and oxygen atoms in total. The fourth-order valence-corrected chi connectivity index (χ4v) is 2.61. The van der Waals surface area contributed by atoms with Gasteiger partial charge in [-0.3, -0.25) is 9.59 Å². The lowest BCUT2D eigenvalue weighted by molar-refractivity contribution is 0.0995. The molecule has 0 atom stereocenters. The topological polar surface area (TPSA) is 80.6 Å². The Kier molecular flexibility index (Phi) is 7.44. The van der Waals surface area contributed by atoms with Crippen molar-refractivity contribution >= 4 is 23.1 Å². The van der Waals surface area contributed by atoms with Gasteiger partial charge in [-0.05, 0) is 67.1 Å². The van der Waals surface area contributed by atoms with Crippen LogP contribution in [0, 0.1) is 0 Å². The van der Waals surface area contributed by atoms with Crippen molar-refractivity contribution in [1.82, 2.24) is 0 Å². The molecule has 1 heterocycles. The van der Waals surface area contributed by atoms with E-state index in [0.29, 0.717) is 17.9 Å². The second-order valence-electron chi connectivity index (χ2n) is 6.58. The van der Waals surface area contributed by atoms with Crippen LogP contribution in [0.4, 0.5) is 11.4 Å². The first-order valence-corrected chi connectivity index (χ1v) is 9.81. The standard InChI is InChI=1S/C24H24N2O4/c1-2-3-16-29-21-12-6-18(7-13-21)22(27)14-15-25-19-8-10-20(11-9-19)26-24(28)23-5-4-17-30-23/h4-15,17,25H,2-3,16H2,1H3,(H,26,28)/b15-14+. The number of carbonyl (C=O) groups excluding carboxylic acids is 2. The van der Waals surface area contributed by atoms with Crippen LogP contribution in [-0.2, 0) is 0 Å². The van der Waals surface area contributed by atoms with Crippen molar-refractivity contribution in [2.45, 2.75) is 19.8 Å². The number of hydrogen-bond acceptors (Lipinski definition) is 5. The molecule has 6 heteroatoms. The average Bonchev–Trinajstić information content (AvgIpc) is 3.31. The molecule has 0 aliphatic rings. The van der Waals surface area contributed by atoms with Gasteiger partial charge in [-0.15, -0.1) is 0 Å². The normalized spacial score (nSPS) is 10.7. The van der Waals surface area contributed by atoms with Crippen LogP contribution < -0.4 is 15.4 Å². The summed E-state index contributed by atoms with van der Waals surface area (Å²) in [6.45, 7) is 2.79. The van der Waals surface area contributed by atoms with Crippen LogP contribution in [0.5, 0.6) is 5.75 Å². The van der Waals surface area contributed by atoms with Crippen molar-refractivity contribution in [1.29, 1.82) is 0 Å². The number of furan rings is 1. The second-order valence-corrected chi connectivity index (χ2v) is 6.58. The summed E-state index contributed by atoms with van der Waals surface area (Å²) in [5.41, 5.74) is 2.02. The Labute approximate surface area is 175 Å². The predicted octanol–water partition coefficient (Wildman–Crippen LogP) is 5.52. The van der Waals surface area contributed by atoms with Gasteiger partial charge in [0.2, 0.25) is 0 Å². The molecule has 0 spiro atoms. The number of unbranched alkanes of at least 4 members (excludes halogenated alkanes) is 1. The van der Waals surface area contributed by atoms with E-state index in [0.717, 1.165) is 24.3 Å². The monoisotopic (exact) mass is 404 g/mol. The Bertz CT molecular complexity index is 975. The van der Waals surface area contributed by atoms with Crippen LogP contribution in [0.1, 0.15) is 40.7 Å². The van der Waals surface area contributed by atoms with E-state index < -0.39 is 0 Å². The summed E-state index contributed by atoms with van der Waals surface area (Å²) >= 11 is 0. The van der Waals surface area contributed by atoms with Gasteiger partial charge in [0.05, 0.1) is 12.9 Å². The van der Waals surface area contributed by atoms with Gasteiger partial charge >= 0.3 is 0 Å². The van der Waals surface area contributed by atoms with Gasteiger partial charge in [0.25, 0.3) is 5.91 Å². The van der Waals surface area contributed by atoms with E-state index in [1.165, 1.54) is 12.3 Å². The molecule has 1 amide bonds. The molecular weight excluding hydrogens is 380 g/mol. The zero-order valence-corrected chi connectivity index (χ0v) is 16.8. The van der Waals surface area contributed by atoms with Crippen molar-refractivity contribution in [3.63, 3.8) is 0 Å². The summed E-state index contributed by atoms with van der Waals surface area (Å²) in [4.78, 5) is 24.2. The van der Waals surface area contributed by atoms with Gasteiger partial charge in [0.1, 0.15) is 5.75 Å². The molecule has 30 heavy (non-hydrogen) atoms. The van der Waals surface area contributed by atoms with E-state index in [1.54, 1.807) is 66.9 Å². The van der Waals surface area contributed by atoms with Gasteiger partial charge in [0, 0.05) is 29.2 Å². The maximum atomic E-state index is 12.3. The number of rotatable bonds is 10. The highest BCUT2D eigenvalue weighted by molar-refractivity contribution is 6.04. The van der Waals surface area contributed by atoms with Crippen molar-refractivity contribution < 1.29 is 18.7 Å². The fraction of sp³-hybridized carbons (Fsp3) is 0.167. The van der Waals surface area contributed by atoms with Crippen molar-refractivity contribution in [2.24, 2.45) is 0 Å². The summed E-state index contributed by atoms with van der Waals surface area (Å²) in [5.74, 6) is 0.596. The number of ketones is 1. The number of anilines is 2. The lowest BCUT2D eigenvalue weighted by Gasteiger charge is -2.06. The molecule has 0 saturated carbocycles. The molecule has 3 rings (SSSR count). The van der Waals surface area contributed by atoms with Gasteiger partial charge in [-0.25, -0.2) is 0 Å². The van der Waals surface area contributed by atoms with Crippen LogP contribution in [0.2, 0.25) is 0 Å². The Hall–Kier alpha value is -3.80. The number of hydrogen-bond donors (Lipinski definition) is 2. The average molecular weight is 404 g/mol. The highest BCUT2D eigenvalue weighted by Gasteiger charge is 2.08. The zero-order chi connectivity index (χ0) is 21.2. The molecule has 0 fully saturated rings. The zero-order valence-electron chi connectivity index (χ0n) is 16.8. The number of nitrogens with one attached hydrogen (secondary N) is 2. The van der Waals surface area contributed by atoms with E-state index in [9.17, 15) is 9.59 Å². The minimum Gasteiger partial charge on any atom is -0.494 e. The summed E-state index contributed by atoms with van der Waals surface area (Å²) in [7, 11) is 0. The van der Waals surface area contributed by atoms with Gasteiger partial charge in [-0.2, -0.15) is 0 Å². The molecule has 0 radical (unpaired) electrons. The highest BCUT2D eigenvalue weighted by Crippen LogP contribution is 2.16. The Morgan fingerprint density at radius 3 is 2.40 bits per heavy atom. The summed E-state index contributed by atoms with van der Waals surface area (Å²) in [6, 6.07) is 17.5. The molecule has 2 aromatic carbocycles. The molecule has 0 saturated heterocycles. The van der Waals surface area contributed by atoms with Crippen LogP contribution in [0.3, 0.4) is 0 Å². The SMILES string of the molecule is CCCCOc1ccc(C(=O)/C=C/Nc2ccc(NC(=O)c3ccco3)cc2)cc1. The number of allylic oxidation sites excluding steroid dienone is 1. The van der Waals surface area contributed by atoms with Crippen LogP contribution >= 0.6 is 0 Å². The number of carbonyl (C=O) groups is 2. The largest absolute Gasteiger partial charge is 0.494 e. The quantitative estimate of drug-likeness (QED) is 0.264. The van der Waals surface area contributed by atoms with Crippen LogP contribution in [0.15, 0.2) is 83.6 Å².